The van der Waals surface area contributed by atoms with Gasteiger partial charge in [-0.15, -0.1) is 0 Å². The van der Waals surface area contributed by atoms with Crippen molar-refractivity contribution >= 4 is 5.97 Å². The Kier molecular flexibility index (Phi) is 6.65. The maximum Gasteiger partial charge on any atom is 0.322 e. The van der Waals surface area contributed by atoms with Crippen LogP contribution in [0.5, 0.6) is 0 Å². The average molecular weight is 257 g/mol. The van der Waals surface area contributed by atoms with E-state index in [4.69, 9.17) is 9.47 Å². The van der Waals surface area contributed by atoms with E-state index in [2.05, 4.69) is 19.2 Å². The molecule has 1 aliphatic rings. The molecule has 0 spiro atoms. The molecule has 0 radical (unpaired) electrons. The van der Waals surface area contributed by atoms with Crippen molar-refractivity contribution in [2.45, 2.75) is 64.1 Å². The standard InChI is InChI=1S/C14H27NO3/c1-10(2)9-12(14(16)18-4)15-11-7-5-6-8-13(11)17-3/h10-13,15H,5-9H2,1-4H3. The predicted octanol–water partition coefficient (Wildman–Crippen LogP) is 2.12. The highest BCUT2D eigenvalue weighted by Crippen LogP contribution is 2.22. The Morgan fingerprint density at radius 3 is 2.50 bits per heavy atom. The zero-order valence-corrected chi connectivity index (χ0v) is 12.1. The summed E-state index contributed by atoms with van der Waals surface area (Å²) < 4.78 is 10.4. The molecule has 0 saturated heterocycles. The Balaban J connectivity index is 2.59. The third kappa shape index (κ3) is 4.58. The van der Waals surface area contributed by atoms with Crippen molar-refractivity contribution in [1.82, 2.24) is 5.32 Å². The monoisotopic (exact) mass is 257 g/mol. The van der Waals surface area contributed by atoms with Gasteiger partial charge in [-0.3, -0.25) is 10.1 Å². The Labute approximate surface area is 110 Å². The number of rotatable bonds is 6. The lowest BCUT2D eigenvalue weighted by atomic mass is 9.91. The van der Waals surface area contributed by atoms with Crippen LogP contribution in [0, 0.1) is 5.92 Å². The summed E-state index contributed by atoms with van der Waals surface area (Å²) in [5.74, 6) is 0.301. The third-order valence-electron chi connectivity index (χ3n) is 3.61. The first-order valence-corrected chi connectivity index (χ1v) is 6.95. The van der Waals surface area contributed by atoms with Gasteiger partial charge in [0.2, 0.25) is 0 Å². The van der Waals surface area contributed by atoms with Crippen LogP contribution in [0.4, 0.5) is 0 Å². The zero-order valence-electron chi connectivity index (χ0n) is 12.1. The van der Waals surface area contributed by atoms with Crippen molar-refractivity contribution in [1.29, 1.82) is 0 Å². The number of nitrogens with one attached hydrogen (secondary N) is 1. The van der Waals surface area contributed by atoms with Crippen molar-refractivity contribution in [2.24, 2.45) is 5.92 Å². The van der Waals surface area contributed by atoms with Crippen molar-refractivity contribution in [3.05, 3.63) is 0 Å². The van der Waals surface area contributed by atoms with Gasteiger partial charge in [-0.25, -0.2) is 0 Å². The van der Waals surface area contributed by atoms with Crippen LogP contribution < -0.4 is 5.32 Å². The molecule has 1 fully saturated rings. The van der Waals surface area contributed by atoms with E-state index >= 15 is 0 Å². The lowest BCUT2D eigenvalue weighted by Gasteiger charge is -2.34. The third-order valence-corrected chi connectivity index (χ3v) is 3.61. The van der Waals surface area contributed by atoms with E-state index in [1.807, 2.05) is 0 Å². The number of carbonyl (C=O) groups excluding carboxylic acids is 1. The topological polar surface area (TPSA) is 47.6 Å². The summed E-state index contributed by atoms with van der Waals surface area (Å²) in [6.45, 7) is 4.23. The molecule has 4 nitrogen and oxygen atoms in total. The van der Waals surface area contributed by atoms with Crippen LogP contribution in [0.15, 0.2) is 0 Å². The van der Waals surface area contributed by atoms with Gasteiger partial charge in [0.05, 0.1) is 13.2 Å². The van der Waals surface area contributed by atoms with Gasteiger partial charge in [-0.05, 0) is 25.2 Å². The molecule has 18 heavy (non-hydrogen) atoms. The van der Waals surface area contributed by atoms with Crippen LogP contribution >= 0.6 is 0 Å². The second-order valence-electron chi connectivity index (χ2n) is 5.54. The molecule has 0 aromatic rings. The Morgan fingerprint density at radius 2 is 1.94 bits per heavy atom. The van der Waals surface area contributed by atoms with Gasteiger partial charge >= 0.3 is 5.97 Å². The fourth-order valence-electron chi connectivity index (χ4n) is 2.67. The molecule has 0 bridgehead atoms. The lowest BCUT2D eigenvalue weighted by molar-refractivity contribution is -0.144. The summed E-state index contributed by atoms with van der Waals surface area (Å²) in [5.41, 5.74) is 0. The molecule has 0 amide bonds. The molecular formula is C14H27NO3. The van der Waals surface area contributed by atoms with E-state index < -0.39 is 0 Å². The summed E-state index contributed by atoms with van der Waals surface area (Å²) >= 11 is 0. The molecule has 0 aliphatic heterocycles. The van der Waals surface area contributed by atoms with E-state index in [-0.39, 0.29) is 24.2 Å². The maximum atomic E-state index is 11.8. The van der Waals surface area contributed by atoms with Gasteiger partial charge in [0.15, 0.2) is 0 Å². The SMILES string of the molecule is COC(=O)C(CC(C)C)NC1CCCCC1OC. The van der Waals surface area contributed by atoms with Gasteiger partial charge < -0.3 is 9.47 Å². The molecule has 3 atom stereocenters. The molecule has 0 aromatic carbocycles. The number of hydrogen-bond acceptors (Lipinski definition) is 4. The van der Waals surface area contributed by atoms with E-state index in [1.54, 1.807) is 7.11 Å². The first-order chi connectivity index (χ1) is 8.58. The van der Waals surface area contributed by atoms with Gasteiger partial charge in [-0.2, -0.15) is 0 Å². The van der Waals surface area contributed by atoms with Gasteiger partial charge in [0.1, 0.15) is 6.04 Å². The van der Waals surface area contributed by atoms with E-state index in [1.165, 1.54) is 20.0 Å². The number of carbonyl (C=O) groups is 1. The first-order valence-electron chi connectivity index (χ1n) is 6.95. The largest absolute Gasteiger partial charge is 0.468 e. The molecule has 1 saturated carbocycles. The number of ether oxygens (including phenoxy) is 2. The molecule has 0 heterocycles. The molecule has 106 valence electrons. The second-order valence-corrected chi connectivity index (χ2v) is 5.54. The normalized spacial score (nSPS) is 26.1. The first kappa shape index (κ1) is 15.4. The Bertz CT molecular complexity index is 255. The fourth-order valence-corrected chi connectivity index (χ4v) is 2.67. The fraction of sp³-hybridized carbons (Fsp3) is 0.929. The highest BCUT2D eigenvalue weighted by Gasteiger charge is 2.30. The van der Waals surface area contributed by atoms with Gasteiger partial charge in [-0.1, -0.05) is 26.7 Å². The van der Waals surface area contributed by atoms with Gasteiger partial charge in [0.25, 0.3) is 0 Å². The van der Waals surface area contributed by atoms with Crippen LogP contribution in [0.25, 0.3) is 0 Å². The Morgan fingerprint density at radius 1 is 1.28 bits per heavy atom. The molecule has 1 aliphatic carbocycles. The summed E-state index contributed by atoms with van der Waals surface area (Å²) in [6.07, 6.45) is 5.59. The van der Waals surface area contributed by atoms with Crippen molar-refractivity contribution < 1.29 is 14.3 Å². The number of methoxy groups -OCH3 is 2. The van der Waals surface area contributed by atoms with Crippen molar-refractivity contribution in [2.75, 3.05) is 14.2 Å². The summed E-state index contributed by atoms with van der Waals surface area (Å²) in [6, 6.07) is 0.0577. The minimum atomic E-state index is -0.212. The quantitative estimate of drug-likeness (QED) is 0.740. The zero-order chi connectivity index (χ0) is 13.5. The number of esters is 1. The molecular weight excluding hydrogens is 230 g/mol. The van der Waals surface area contributed by atoms with Crippen LogP contribution in [0.3, 0.4) is 0 Å². The smallest absolute Gasteiger partial charge is 0.322 e. The summed E-state index contributed by atoms with van der Waals surface area (Å²) in [5, 5.41) is 3.44. The minimum absolute atomic E-state index is 0.163. The van der Waals surface area contributed by atoms with Crippen LogP contribution in [-0.2, 0) is 14.3 Å². The number of hydrogen-bond donors (Lipinski definition) is 1. The lowest BCUT2D eigenvalue weighted by Crippen LogP contribution is -2.51. The highest BCUT2D eigenvalue weighted by molar-refractivity contribution is 5.75. The van der Waals surface area contributed by atoms with Crippen LogP contribution in [0.1, 0.15) is 46.0 Å². The van der Waals surface area contributed by atoms with Crippen molar-refractivity contribution in [3.63, 3.8) is 0 Å². The van der Waals surface area contributed by atoms with Crippen molar-refractivity contribution in [3.8, 4) is 0 Å². The van der Waals surface area contributed by atoms with Crippen LogP contribution in [0.2, 0.25) is 0 Å². The second kappa shape index (κ2) is 7.74. The van der Waals surface area contributed by atoms with E-state index in [0.29, 0.717) is 5.92 Å². The molecule has 1 rings (SSSR count). The van der Waals surface area contributed by atoms with Gasteiger partial charge in [0, 0.05) is 13.2 Å². The molecule has 4 heteroatoms. The van der Waals surface area contributed by atoms with E-state index in [0.717, 1.165) is 19.3 Å². The highest BCUT2D eigenvalue weighted by atomic mass is 16.5. The molecule has 1 N–H and O–H groups in total. The minimum Gasteiger partial charge on any atom is -0.468 e. The average Bonchev–Trinajstić information content (AvgIpc) is 2.37. The molecule has 3 unspecified atom stereocenters. The summed E-state index contributed by atoms with van der Waals surface area (Å²) in [4.78, 5) is 11.8. The van der Waals surface area contributed by atoms with E-state index in [9.17, 15) is 4.79 Å². The summed E-state index contributed by atoms with van der Waals surface area (Å²) in [7, 11) is 3.20. The maximum absolute atomic E-state index is 11.8. The predicted molar refractivity (Wildman–Crippen MR) is 71.4 cm³/mol. The van der Waals surface area contributed by atoms with Crippen LogP contribution in [-0.4, -0.2) is 38.4 Å². The Hall–Kier alpha value is -0.610. The molecule has 0 aromatic heterocycles.